The van der Waals surface area contributed by atoms with Crippen LogP contribution in [-0.4, -0.2) is 48.1 Å². The Balaban J connectivity index is 2.04. The van der Waals surface area contributed by atoms with Gasteiger partial charge in [-0.25, -0.2) is 0 Å². The maximum Gasteiger partial charge on any atom is 0.309 e. The Hall–Kier alpha value is -0.220. The normalized spacial score (nSPS) is 18.9. The lowest BCUT2D eigenvalue weighted by molar-refractivity contribution is -0.150. The molecule has 0 saturated carbocycles. The van der Waals surface area contributed by atoms with Crippen LogP contribution in [0.2, 0.25) is 0 Å². The first-order chi connectivity index (χ1) is 8.59. The van der Waals surface area contributed by atoms with Gasteiger partial charge < -0.3 is 9.64 Å². The number of likely N-dealkylation sites (tertiary alicyclic amines) is 1. The van der Waals surface area contributed by atoms with Gasteiger partial charge in [0, 0.05) is 18.1 Å². The predicted molar refractivity (Wildman–Crippen MR) is 78.0 cm³/mol. The zero-order valence-corrected chi connectivity index (χ0v) is 12.8. The van der Waals surface area contributed by atoms with E-state index < -0.39 is 0 Å². The Morgan fingerprint density at radius 2 is 1.89 bits per heavy atom. The molecule has 0 aromatic heterocycles. The number of carbonyl (C=O) groups is 1. The molecule has 18 heavy (non-hydrogen) atoms. The van der Waals surface area contributed by atoms with Gasteiger partial charge >= 0.3 is 5.97 Å². The molecule has 1 saturated heterocycles. The van der Waals surface area contributed by atoms with Crippen LogP contribution in [0.25, 0.3) is 0 Å². The maximum absolute atomic E-state index is 11.6. The quantitative estimate of drug-likeness (QED) is 0.527. The van der Waals surface area contributed by atoms with Crippen molar-refractivity contribution in [3.05, 3.63) is 0 Å². The van der Waals surface area contributed by atoms with Crippen LogP contribution < -0.4 is 0 Å². The van der Waals surface area contributed by atoms with Crippen molar-refractivity contribution in [3.63, 3.8) is 0 Å². The Bertz CT molecular complexity index is 240. The van der Waals surface area contributed by atoms with E-state index in [1.807, 2.05) is 32.5 Å². The lowest BCUT2D eigenvalue weighted by Crippen LogP contribution is -2.31. The highest BCUT2D eigenvalue weighted by Crippen LogP contribution is 2.13. The van der Waals surface area contributed by atoms with Crippen molar-refractivity contribution in [1.82, 2.24) is 4.90 Å². The highest BCUT2D eigenvalue weighted by atomic mass is 32.2. The second kappa shape index (κ2) is 8.81. The highest BCUT2D eigenvalue weighted by Gasteiger charge is 2.16. The Labute approximate surface area is 116 Å². The number of nitrogens with zero attached hydrogens (tertiary/aromatic N) is 1. The predicted octanol–water partition coefficient (Wildman–Crippen LogP) is 2.79. The van der Waals surface area contributed by atoms with E-state index >= 15 is 0 Å². The first-order valence-electron chi connectivity index (χ1n) is 7.10. The fourth-order valence-electron chi connectivity index (χ4n) is 2.05. The Morgan fingerprint density at radius 3 is 2.50 bits per heavy atom. The molecule has 1 rings (SSSR count). The molecule has 0 radical (unpaired) electrons. The number of rotatable bonds is 7. The van der Waals surface area contributed by atoms with Crippen LogP contribution in [0.4, 0.5) is 0 Å². The second-order valence-corrected chi connectivity index (χ2v) is 6.51. The van der Waals surface area contributed by atoms with Gasteiger partial charge in [0.25, 0.3) is 0 Å². The van der Waals surface area contributed by atoms with Gasteiger partial charge in [-0.2, -0.15) is 11.8 Å². The van der Waals surface area contributed by atoms with Gasteiger partial charge in [0.2, 0.25) is 0 Å². The summed E-state index contributed by atoms with van der Waals surface area (Å²) in [5.74, 6) is 1.95. The summed E-state index contributed by atoms with van der Waals surface area (Å²) in [4.78, 5) is 14.1. The summed E-state index contributed by atoms with van der Waals surface area (Å²) in [6.07, 6.45) is 4.09. The van der Waals surface area contributed by atoms with Gasteiger partial charge in [0.1, 0.15) is 0 Å². The van der Waals surface area contributed by atoms with Crippen molar-refractivity contribution in [1.29, 1.82) is 0 Å². The summed E-state index contributed by atoms with van der Waals surface area (Å²) in [5.41, 5.74) is 0. The molecule has 0 aromatic rings. The molecule has 4 heteroatoms. The minimum atomic E-state index is -0.0597. The summed E-state index contributed by atoms with van der Waals surface area (Å²) >= 11 is 1.87. The zero-order chi connectivity index (χ0) is 13.4. The number of hydrogen-bond acceptors (Lipinski definition) is 4. The standard InChI is InChI=1S/C14H27NO2S/c1-12(2)17-14(16)13(3)11-18-10-9-15-7-5-4-6-8-15/h12-13H,4-11H2,1-3H3. The summed E-state index contributed by atoms with van der Waals surface area (Å²) < 4.78 is 5.20. The molecule has 1 fully saturated rings. The van der Waals surface area contributed by atoms with Crippen molar-refractivity contribution in [2.24, 2.45) is 5.92 Å². The molecular weight excluding hydrogens is 246 g/mol. The molecule has 1 unspecified atom stereocenters. The number of hydrogen-bond donors (Lipinski definition) is 0. The van der Waals surface area contributed by atoms with E-state index in [1.54, 1.807) is 0 Å². The van der Waals surface area contributed by atoms with E-state index in [1.165, 1.54) is 32.4 Å². The topological polar surface area (TPSA) is 29.5 Å². The van der Waals surface area contributed by atoms with Crippen LogP contribution in [-0.2, 0) is 9.53 Å². The molecule has 0 aromatic carbocycles. The molecule has 1 heterocycles. The molecular formula is C14H27NO2S. The third-order valence-electron chi connectivity index (χ3n) is 3.12. The van der Waals surface area contributed by atoms with E-state index in [0.29, 0.717) is 0 Å². The second-order valence-electron chi connectivity index (χ2n) is 5.36. The van der Waals surface area contributed by atoms with Crippen molar-refractivity contribution in [2.45, 2.75) is 46.1 Å². The van der Waals surface area contributed by atoms with Gasteiger partial charge in [-0.1, -0.05) is 13.3 Å². The SMILES string of the molecule is CC(C)OC(=O)C(C)CSCCN1CCCCC1. The number of piperidine rings is 1. The van der Waals surface area contributed by atoms with E-state index in [4.69, 9.17) is 4.74 Å². The number of carbonyl (C=O) groups excluding carboxylic acids is 1. The minimum Gasteiger partial charge on any atom is -0.463 e. The van der Waals surface area contributed by atoms with Crippen LogP contribution in [0, 0.1) is 5.92 Å². The molecule has 3 nitrogen and oxygen atoms in total. The average molecular weight is 273 g/mol. The first-order valence-corrected chi connectivity index (χ1v) is 8.25. The highest BCUT2D eigenvalue weighted by molar-refractivity contribution is 7.99. The fraction of sp³-hybridized carbons (Fsp3) is 0.929. The van der Waals surface area contributed by atoms with Crippen LogP contribution in [0.5, 0.6) is 0 Å². The number of ether oxygens (including phenoxy) is 1. The molecule has 0 aliphatic carbocycles. The molecule has 106 valence electrons. The molecule has 0 bridgehead atoms. The van der Waals surface area contributed by atoms with Crippen LogP contribution >= 0.6 is 11.8 Å². The summed E-state index contributed by atoms with van der Waals surface area (Å²) in [7, 11) is 0. The molecule has 1 aliphatic heterocycles. The fourth-order valence-corrected chi connectivity index (χ4v) is 3.10. The van der Waals surface area contributed by atoms with E-state index in [-0.39, 0.29) is 18.0 Å². The zero-order valence-electron chi connectivity index (χ0n) is 12.0. The summed E-state index contributed by atoms with van der Waals surface area (Å²) in [5, 5.41) is 0. The van der Waals surface area contributed by atoms with Gasteiger partial charge in [-0.15, -0.1) is 0 Å². The third kappa shape index (κ3) is 6.64. The first kappa shape index (κ1) is 15.8. The van der Waals surface area contributed by atoms with E-state index in [2.05, 4.69) is 4.90 Å². The van der Waals surface area contributed by atoms with E-state index in [9.17, 15) is 4.79 Å². The average Bonchev–Trinajstić information content (AvgIpc) is 2.34. The number of thioether (sulfide) groups is 1. The van der Waals surface area contributed by atoms with Gasteiger partial charge in [0.05, 0.1) is 12.0 Å². The van der Waals surface area contributed by atoms with Crippen molar-refractivity contribution >= 4 is 17.7 Å². The van der Waals surface area contributed by atoms with Crippen molar-refractivity contribution in [2.75, 3.05) is 31.1 Å². The Kier molecular flexibility index (Phi) is 7.75. The largest absolute Gasteiger partial charge is 0.463 e. The summed E-state index contributed by atoms with van der Waals surface area (Å²) in [6, 6.07) is 0. The monoisotopic (exact) mass is 273 g/mol. The van der Waals surface area contributed by atoms with Crippen LogP contribution in [0.3, 0.4) is 0 Å². The maximum atomic E-state index is 11.6. The lowest BCUT2D eigenvalue weighted by atomic mass is 10.1. The van der Waals surface area contributed by atoms with Crippen molar-refractivity contribution in [3.8, 4) is 0 Å². The van der Waals surface area contributed by atoms with Crippen LogP contribution in [0.15, 0.2) is 0 Å². The van der Waals surface area contributed by atoms with Crippen LogP contribution in [0.1, 0.15) is 40.0 Å². The number of esters is 1. The molecule has 0 N–H and O–H groups in total. The summed E-state index contributed by atoms with van der Waals surface area (Å²) in [6.45, 7) is 9.43. The molecule has 1 atom stereocenters. The molecule has 0 amide bonds. The van der Waals surface area contributed by atoms with Crippen molar-refractivity contribution < 1.29 is 9.53 Å². The molecule has 1 aliphatic rings. The smallest absolute Gasteiger partial charge is 0.309 e. The minimum absolute atomic E-state index is 0.00157. The van der Waals surface area contributed by atoms with Gasteiger partial charge in [0.15, 0.2) is 0 Å². The molecule has 0 spiro atoms. The van der Waals surface area contributed by atoms with Gasteiger partial charge in [-0.05, 0) is 39.8 Å². The third-order valence-corrected chi connectivity index (χ3v) is 4.33. The lowest BCUT2D eigenvalue weighted by Gasteiger charge is -2.26. The van der Waals surface area contributed by atoms with Gasteiger partial charge in [-0.3, -0.25) is 4.79 Å². The van der Waals surface area contributed by atoms with E-state index in [0.717, 1.165) is 18.1 Å². The Morgan fingerprint density at radius 1 is 1.22 bits per heavy atom.